The number of hydrogen-bond acceptors (Lipinski definition) is 2. The largest absolute Gasteiger partial charge is 0.398 e. The van der Waals surface area contributed by atoms with Crippen molar-refractivity contribution in [3.8, 4) is 0 Å². The van der Waals surface area contributed by atoms with Gasteiger partial charge in [-0.1, -0.05) is 6.07 Å². The van der Waals surface area contributed by atoms with Gasteiger partial charge in [-0.05, 0) is 24.6 Å². The number of benzene rings is 1. The van der Waals surface area contributed by atoms with Crippen molar-refractivity contribution < 1.29 is 4.79 Å². The van der Waals surface area contributed by atoms with Gasteiger partial charge in [0.15, 0.2) is 0 Å². The van der Waals surface area contributed by atoms with Gasteiger partial charge in [-0.25, -0.2) is 4.79 Å². The quantitative estimate of drug-likeness (QED) is 0.715. The molecule has 1 aromatic rings. The Morgan fingerprint density at radius 3 is 2.80 bits per heavy atom. The van der Waals surface area contributed by atoms with E-state index in [9.17, 15) is 4.79 Å². The summed E-state index contributed by atoms with van der Waals surface area (Å²) in [5.74, 6) is 0. The fourth-order valence-electron chi connectivity index (χ4n) is 1.63. The molecule has 1 aromatic carbocycles. The Morgan fingerprint density at radius 1 is 1.47 bits per heavy atom. The predicted octanol–water partition coefficient (Wildman–Crippen LogP) is 1.53. The molecular formula is C10H14ClN3O. The molecule has 0 saturated carbocycles. The molecule has 1 aliphatic heterocycles. The Labute approximate surface area is 94.8 Å². The second-order valence-corrected chi connectivity index (χ2v) is 3.37. The van der Waals surface area contributed by atoms with E-state index in [-0.39, 0.29) is 18.4 Å². The summed E-state index contributed by atoms with van der Waals surface area (Å²) in [6.07, 6.45) is 0. The van der Waals surface area contributed by atoms with Crippen molar-refractivity contribution in [2.45, 2.75) is 6.92 Å². The van der Waals surface area contributed by atoms with Crippen LogP contribution in [0.4, 0.5) is 16.2 Å². The number of nitrogens with zero attached hydrogens (tertiary/aromatic N) is 1. The number of rotatable bonds is 1. The van der Waals surface area contributed by atoms with E-state index in [1.54, 1.807) is 4.90 Å². The SMILES string of the molecule is Cc1c(N)cccc1N1CCNC1=O.Cl. The van der Waals surface area contributed by atoms with Crippen molar-refractivity contribution >= 4 is 29.8 Å². The minimum atomic E-state index is -0.0429. The molecule has 0 radical (unpaired) electrons. The van der Waals surface area contributed by atoms with Gasteiger partial charge in [0, 0.05) is 18.8 Å². The van der Waals surface area contributed by atoms with Gasteiger partial charge in [-0.3, -0.25) is 4.90 Å². The molecular weight excluding hydrogens is 214 g/mol. The van der Waals surface area contributed by atoms with E-state index in [0.29, 0.717) is 13.1 Å². The number of carbonyl (C=O) groups is 1. The topological polar surface area (TPSA) is 58.4 Å². The number of urea groups is 1. The van der Waals surface area contributed by atoms with Gasteiger partial charge in [-0.2, -0.15) is 0 Å². The molecule has 4 nitrogen and oxygen atoms in total. The molecule has 3 N–H and O–H groups in total. The smallest absolute Gasteiger partial charge is 0.322 e. The van der Waals surface area contributed by atoms with Gasteiger partial charge in [-0.15, -0.1) is 12.4 Å². The molecule has 0 spiro atoms. The average molecular weight is 228 g/mol. The summed E-state index contributed by atoms with van der Waals surface area (Å²) in [6.45, 7) is 3.34. The van der Waals surface area contributed by atoms with Gasteiger partial charge < -0.3 is 11.1 Å². The summed E-state index contributed by atoms with van der Waals surface area (Å²) in [5.41, 5.74) is 8.36. The van der Waals surface area contributed by atoms with Crippen LogP contribution in [0.5, 0.6) is 0 Å². The number of amides is 2. The minimum absolute atomic E-state index is 0. The first kappa shape index (κ1) is 11.7. The molecule has 0 aliphatic carbocycles. The zero-order valence-corrected chi connectivity index (χ0v) is 9.30. The highest BCUT2D eigenvalue weighted by Crippen LogP contribution is 2.25. The van der Waals surface area contributed by atoms with Crippen molar-refractivity contribution in [2.24, 2.45) is 0 Å². The van der Waals surface area contributed by atoms with Crippen LogP contribution in [0.1, 0.15) is 5.56 Å². The number of nitrogens with one attached hydrogen (secondary N) is 1. The molecule has 0 aromatic heterocycles. The molecule has 2 rings (SSSR count). The highest BCUT2D eigenvalue weighted by molar-refractivity contribution is 5.95. The van der Waals surface area contributed by atoms with E-state index < -0.39 is 0 Å². The van der Waals surface area contributed by atoms with Crippen LogP contribution in [0.2, 0.25) is 0 Å². The third kappa shape index (κ3) is 1.99. The van der Waals surface area contributed by atoms with Crippen LogP contribution in [0.15, 0.2) is 18.2 Å². The van der Waals surface area contributed by atoms with Crippen molar-refractivity contribution in [3.05, 3.63) is 23.8 Å². The molecule has 1 aliphatic rings. The Morgan fingerprint density at radius 2 is 2.20 bits per heavy atom. The molecule has 5 heteroatoms. The third-order valence-electron chi connectivity index (χ3n) is 2.49. The van der Waals surface area contributed by atoms with Gasteiger partial charge in [0.1, 0.15) is 0 Å². The van der Waals surface area contributed by atoms with E-state index in [4.69, 9.17) is 5.73 Å². The molecule has 1 heterocycles. The molecule has 0 unspecified atom stereocenters. The van der Waals surface area contributed by atoms with Crippen LogP contribution in [0.25, 0.3) is 0 Å². The van der Waals surface area contributed by atoms with Crippen LogP contribution >= 0.6 is 12.4 Å². The summed E-state index contributed by atoms with van der Waals surface area (Å²) in [6, 6.07) is 5.57. The molecule has 82 valence electrons. The summed E-state index contributed by atoms with van der Waals surface area (Å²) in [7, 11) is 0. The van der Waals surface area contributed by atoms with Crippen molar-refractivity contribution in [1.29, 1.82) is 0 Å². The lowest BCUT2D eigenvalue weighted by atomic mass is 10.1. The summed E-state index contributed by atoms with van der Waals surface area (Å²) >= 11 is 0. The number of nitrogen functional groups attached to an aromatic ring is 1. The average Bonchev–Trinajstić information content (AvgIpc) is 2.57. The fourth-order valence-corrected chi connectivity index (χ4v) is 1.63. The molecule has 1 fully saturated rings. The van der Waals surface area contributed by atoms with Crippen LogP contribution in [0, 0.1) is 6.92 Å². The van der Waals surface area contributed by atoms with Crippen molar-refractivity contribution in [2.75, 3.05) is 23.7 Å². The van der Waals surface area contributed by atoms with Crippen LogP contribution < -0.4 is 16.0 Å². The summed E-state index contributed by atoms with van der Waals surface area (Å²) < 4.78 is 0. The first-order valence-corrected chi connectivity index (χ1v) is 4.60. The fraction of sp³-hybridized carbons (Fsp3) is 0.300. The zero-order valence-electron chi connectivity index (χ0n) is 8.49. The highest BCUT2D eigenvalue weighted by Gasteiger charge is 2.22. The van der Waals surface area contributed by atoms with E-state index in [1.807, 2.05) is 25.1 Å². The van der Waals surface area contributed by atoms with Crippen LogP contribution in [-0.4, -0.2) is 19.1 Å². The molecule has 0 bridgehead atoms. The maximum atomic E-state index is 11.4. The van der Waals surface area contributed by atoms with Gasteiger partial charge in [0.25, 0.3) is 0 Å². The lowest BCUT2D eigenvalue weighted by Crippen LogP contribution is -2.28. The summed E-state index contributed by atoms with van der Waals surface area (Å²) in [4.78, 5) is 13.1. The molecule has 15 heavy (non-hydrogen) atoms. The number of nitrogens with two attached hydrogens (primary N) is 1. The number of halogens is 1. The lowest BCUT2D eigenvalue weighted by molar-refractivity contribution is 0.252. The van der Waals surface area contributed by atoms with Gasteiger partial charge >= 0.3 is 6.03 Å². The van der Waals surface area contributed by atoms with Gasteiger partial charge in [0.05, 0.1) is 5.69 Å². The normalized spacial score (nSPS) is 14.7. The van der Waals surface area contributed by atoms with Crippen LogP contribution in [0.3, 0.4) is 0 Å². The van der Waals surface area contributed by atoms with E-state index >= 15 is 0 Å². The number of anilines is 2. The zero-order chi connectivity index (χ0) is 10.1. The first-order valence-electron chi connectivity index (χ1n) is 4.60. The van der Waals surface area contributed by atoms with Gasteiger partial charge in [0.2, 0.25) is 0 Å². The second kappa shape index (κ2) is 4.40. The Kier molecular flexibility index (Phi) is 3.42. The first-order chi connectivity index (χ1) is 6.70. The van der Waals surface area contributed by atoms with E-state index in [1.165, 1.54) is 0 Å². The van der Waals surface area contributed by atoms with Crippen molar-refractivity contribution in [1.82, 2.24) is 5.32 Å². The van der Waals surface area contributed by atoms with E-state index in [0.717, 1.165) is 16.9 Å². The standard InChI is InChI=1S/C10H13N3O.ClH/c1-7-8(11)3-2-4-9(7)13-6-5-12-10(13)14;/h2-4H,5-6,11H2,1H3,(H,12,14);1H. The third-order valence-corrected chi connectivity index (χ3v) is 2.49. The Balaban J connectivity index is 0.00000112. The monoisotopic (exact) mass is 227 g/mol. The number of carbonyl (C=O) groups excluding carboxylic acids is 1. The second-order valence-electron chi connectivity index (χ2n) is 3.37. The lowest BCUT2D eigenvalue weighted by Gasteiger charge is -2.17. The van der Waals surface area contributed by atoms with E-state index in [2.05, 4.69) is 5.32 Å². The molecule has 2 amide bonds. The highest BCUT2D eigenvalue weighted by atomic mass is 35.5. The Bertz CT molecular complexity index is 381. The summed E-state index contributed by atoms with van der Waals surface area (Å²) in [5, 5.41) is 2.76. The van der Waals surface area contributed by atoms with Crippen molar-refractivity contribution in [3.63, 3.8) is 0 Å². The molecule has 0 atom stereocenters. The maximum absolute atomic E-state index is 11.4. The molecule has 1 saturated heterocycles. The maximum Gasteiger partial charge on any atom is 0.322 e. The minimum Gasteiger partial charge on any atom is -0.398 e. The number of hydrogen-bond donors (Lipinski definition) is 2. The van der Waals surface area contributed by atoms with Crippen LogP contribution in [-0.2, 0) is 0 Å². The Hall–Kier alpha value is -1.42. The predicted molar refractivity (Wildman–Crippen MR) is 63.6 cm³/mol.